The van der Waals surface area contributed by atoms with Gasteiger partial charge in [0.2, 0.25) is 0 Å². The van der Waals surface area contributed by atoms with Gasteiger partial charge in [0.15, 0.2) is 0 Å². The van der Waals surface area contributed by atoms with Crippen molar-refractivity contribution < 1.29 is 13.3 Å². The van der Waals surface area contributed by atoms with Crippen molar-refractivity contribution in [1.82, 2.24) is 10.5 Å². The monoisotopic (exact) mass is 342 g/mol. The fourth-order valence-electron chi connectivity index (χ4n) is 4.26. The third-order valence-electron chi connectivity index (χ3n) is 5.81. The van der Waals surface area contributed by atoms with Crippen LogP contribution in [-0.2, 0) is 0 Å². The Morgan fingerprint density at radius 3 is 2.40 bits per heavy atom. The first-order valence-electron chi connectivity index (χ1n) is 9.04. The maximum absolute atomic E-state index is 14.3. The smallest absolute Gasteiger partial charge is 0.147 e. The molecule has 2 heterocycles. The van der Waals surface area contributed by atoms with Crippen LogP contribution in [0.25, 0.3) is 16.8 Å². The molecule has 25 heavy (non-hydrogen) atoms. The molecule has 1 aromatic carbocycles. The maximum Gasteiger partial charge on any atom is 0.147 e. The Hall–Kier alpha value is -2.01. The Morgan fingerprint density at radius 1 is 1.08 bits per heavy atom. The summed E-state index contributed by atoms with van der Waals surface area (Å²) in [5.74, 6) is -0.0222. The van der Waals surface area contributed by atoms with E-state index in [1.54, 1.807) is 0 Å². The molecular formula is C20H20F2N2O. The molecule has 2 fully saturated rings. The van der Waals surface area contributed by atoms with Crippen LogP contribution in [0.4, 0.5) is 8.78 Å². The van der Waals surface area contributed by atoms with E-state index in [-0.39, 0.29) is 11.0 Å². The molecular weight excluding hydrogens is 322 g/mol. The van der Waals surface area contributed by atoms with Crippen LogP contribution in [0.15, 0.2) is 28.8 Å². The molecule has 0 atom stereocenters. The topological polar surface area (TPSA) is 38.1 Å². The van der Waals surface area contributed by atoms with E-state index >= 15 is 0 Å². The highest BCUT2D eigenvalue weighted by Crippen LogP contribution is 2.55. The van der Waals surface area contributed by atoms with E-state index in [0.29, 0.717) is 11.6 Å². The van der Waals surface area contributed by atoms with E-state index in [9.17, 15) is 8.78 Å². The van der Waals surface area contributed by atoms with Gasteiger partial charge in [0.1, 0.15) is 23.1 Å². The molecule has 0 amide bonds. The Kier molecular flexibility index (Phi) is 3.35. The largest absolute Gasteiger partial charge is 0.360 e. The van der Waals surface area contributed by atoms with E-state index in [4.69, 9.17) is 4.52 Å². The van der Waals surface area contributed by atoms with Crippen molar-refractivity contribution in [1.29, 1.82) is 0 Å². The van der Waals surface area contributed by atoms with Crippen LogP contribution in [0.5, 0.6) is 0 Å². The SMILES string of the molecule is Fc1cccc(F)c1-c1noc(C2CC2)c1C1=CC2(CCNCC2)C1. The molecule has 1 aliphatic heterocycles. The first kappa shape index (κ1) is 15.3. The highest BCUT2D eigenvalue weighted by molar-refractivity contribution is 5.84. The fraction of sp³-hybridized carbons (Fsp3) is 0.450. The average molecular weight is 342 g/mol. The Balaban J connectivity index is 1.62. The summed E-state index contributed by atoms with van der Waals surface area (Å²) in [4.78, 5) is 0. The quantitative estimate of drug-likeness (QED) is 0.882. The first-order chi connectivity index (χ1) is 12.2. The summed E-state index contributed by atoms with van der Waals surface area (Å²) in [6.45, 7) is 2.05. The summed E-state index contributed by atoms with van der Waals surface area (Å²) < 4.78 is 34.2. The molecule has 5 rings (SSSR count). The lowest BCUT2D eigenvalue weighted by Gasteiger charge is -2.43. The Labute approximate surface area is 145 Å². The van der Waals surface area contributed by atoms with Crippen molar-refractivity contribution in [3.8, 4) is 11.3 Å². The van der Waals surface area contributed by atoms with Crippen molar-refractivity contribution in [2.75, 3.05) is 13.1 Å². The minimum atomic E-state index is -0.589. The van der Waals surface area contributed by atoms with Gasteiger partial charge >= 0.3 is 0 Å². The number of hydrogen-bond acceptors (Lipinski definition) is 3. The Morgan fingerprint density at radius 2 is 1.76 bits per heavy atom. The third kappa shape index (κ3) is 2.44. The first-order valence-corrected chi connectivity index (χ1v) is 9.04. The van der Waals surface area contributed by atoms with Crippen LogP contribution in [0, 0.1) is 17.0 Å². The average Bonchev–Trinajstić information content (AvgIpc) is 3.34. The van der Waals surface area contributed by atoms with Gasteiger partial charge in [-0.15, -0.1) is 0 Å². The highest BCUT2D eigenvalue weighted by atomic mass is 19.1. The second kappa shape index (κ2) is 5.49. The van der Waals surface area contributed by atoms with Crippen molar-refractivity contribution in [2.24, 2.45) is 5.41 Å². The number of nitrogens with zero attached hydrogens (tertiary/aromatic N) is 1. The number of allylic oxidation sites excluding steroid dienone is 2. The molecule has 1 saturated carbocycles. The van der Waals surface area contributed by atoms with E-state index < -0.39 is 11.6 Å². The molecule has 0 unspecified atom stereocenters. The van der Waals surface area contributed by atoms with Gasteiger partial charge in [-0.3, -0.25) is 0 Å². The zero-order valence-electron chi connectivity index (χ0n) is 13.9. The van der Waals surface area contributed by atoms with Gasteiger partial charge in [0, 0.05) is 11.5 Å². The number of nitrogens with one attached hydrogen (secondary N) is 1. The van der Waals surface area contributed by atoms with E-state index in [1.165, 1.54) is 18.2 Å². The molecule has 0 radical (unpaired) electrons. The molecule has 0 bridgehead atoms. The predicted molar refractivity (Wildman–Crippen MR) is 91.0 cm³/mol. The predicted octanol–water partition coefficient (Wildman–Crippen LogP) is 4.65. The standard InChI is InChI=1S/C20H20F2N2O/c21-14-2-1-3-15(22)17(14)18-16(19(25-24-18)12-4-5-12)13-10-20(11-13)6-8-23-9-7-20/h1-3,10,12,23H,4-9,11H2. The number of rotatable bonds is 3. The van der Waals surface area contributed by atoms with E-state index in [2.05, 4.69) is 16.5 Å². The minimum Gasteiger partial charge on any atom is -0.360 e. The van der Waals surface area contributed by atoms with Gasteiger partial charge in [-0.25, -0.2) is 8.78 Å². The van der Waals surface area contributed by atoms with Gasteiger partial charge in [0.05, 0.1) is 5.56 Å². The summed E-state index contributed by atoms with van der Waals surface area (Å²) >= 11 is 0. The molecule has 1 spiro atoms. The summed E-state index contributed by atoms with van der Waals surface area (Å²) in [6, 6.07) is 3.93. The van der Waals surface area contributed by atoms with Crippen LogP contribution in [0.2, 0.25) is 0 Å². The van der Waals surface area contributed by atoms with E-state index in [0.717, 1.165) is 62.1 Å². The van der Waals surface area contributed by atoms with Crippen molar-refractivity contribution in [3.63, 3.8) is 0 Å². The van der Waals surface area contributed by atoms with Crippen LogP contribution in [0.1, 0.15) is 49.3 Å². The van der Waals surface area contributed by atoms with Crippen LogP contribution < -0.4 is 5.32 Å². The van der Waals surface area contributed by atoms with Crippen LogP contribution >= 0.6 is 0 Å². The van der Waals surface area contributed by atoms with Gasteiger partial charge in [-0.1, -0.05) is 17.3 Å². The van der Waals surface area contributed by atoms with E-state index in [1.807, 2.05) is 0 Å². The molecule has 1 aromatic heterocycles. The van der Waals surface area contributed by atoms with Crippen molar-refractivity contribution >= 4 is 5.57 Å². The molecule has 130 valence electrons. The number of hydrogen-bond donors (Lipinski definition) is 1. The van der Waals surface area contributed by atoms with Gasteiger partial charge in [-0.2, -0.15) is 0 Å². The lowest BCUT2D eigenvalue weighted by molar-refractivity contribution is 0.257. The summed E-state index contributed by atoms with van der Waals surface area (Å²) in [6.07, 6.45) is 7.59. The van der Waals surface area contributed by atoms with Gasteiger partial charge in [-0.05, 0) is 68.3 Å². The molecule has 3 nitrogen and oxygen atoms in total. The van der Waals surface area contributed by atoms with Gasteiger partial charge < -0.3 is 9.84 Å². The normalized spacial score (nSPS) is 21.9. The van der Waals surface area contributed by atoms with Crippen LogP contribution in [-0.4, -0.2) is 18.2 Å². The molecule has 1 saturated heterocycles. The van der Waals surface area contributed by atoms with Crippen molar-refractivity contribution in [2.45, 2.75) is 38.0 Å². The lowest BCUT2D eigenvalue weighted by atomic mass is 9.63. The molecule has 3 aliphatic rings. The number of aromatic nitrogens is 1. The summed E-state index contributed by atoms with van der Waals surface area (Å²) in [7, 11) is 0. The fourth-order valence-corrected chi connectivity index (χ4v) is 4.26. The molecule has 5 heteroatoms. The summed E-state index contributed by atoms with van der Waals surface area (Å²) in [5.41, 5.74) is 2.48. The maximum atomic E-state index is 14.3. The Bertz CT molecular complexity index is 840. The zero-order valence-corrected chi connectivity index (χ0v) is 13.9. The molecule has 2 aromatic rings. The van der Waals surface area contributed by atoms with Crippen molar-refractivity contribution in [3.05, 3.63) is 47.2 Å². The van der Waals surface area contributed by atoms with Crippen LogP contribution in [0.3, 0.4) is 0 Å². The number of piperidine rings is 1. The minimum absolute atomic E-state index is 0.0692. The lowest BCUT2D eigenvalue weighted by Crippen LogP contribution is -2.39. The highest BCUT2D eigenvalue weighted by Gasteiger charge is 2.43. The van der Waals surface area contributed by atoms with Gasteiger partial charge in [0.25, 0.3) is 0 Å². The molecule has 1 N–H and O–H groups in total. The number of benzene rings is 1. The molecule has 2 aliphatic carbocycles. The third-order valence-corrected chi connectivity index (χ3v) is 5.81. The zero-order chi connectivity index (χ0) is 17.0. The second-order valence-electron chi connectivity index (χ2n) is 7.60. The second-order valence-corrected chi connectivity index (χ2v) is 7.60. The summed E-state index contributed by atoms with van der Waals surface area (Å²) in [5, 5.41) is 7.49. The number of halogens is 2.